The molecule has 4 heteroatoms. The number of nitrogens with zero attached hydrogens (tertiary/aromatic N) is 2. The van der Waals surface area contributed by atoms with Crippen LogP contribution in [0.2, 0.25) is 0 Å². The van der Waals surface area contributed by atoms with Crippen LogP contribution >= 0.6 is 0 Å². The molecule has 0 amide bonds. The van der Waals surface area contributed by atoms with E-state index in [1.807, 2.05) is 10.9 Å². The van der Waals surface area contributed by atoms with Crippen molar-refractivity contribution in [3.8, 4) is 5.69 Å². The Hall–Kier alpha value is -1.68. The molecule has 2 unspecified atom stereocenters. The minimum atomic E-state index is -0.206. The second-order valence-electron chi connectivity index (χ2n) is 5.16. The summed E-state index contributed by atoms with van der Waals surface area (Å²) < 4.78 is 15.0. The number of hydrogen-bond acceptors (Lipinski definition) is 2. The van der Waals surface area contributed by atoms with Gasteiger partial charge in [-0.2, -0.15) is 5.10 Å². The molecule has 4 rings (SSSR count). The molecule has 0 saturated carbocycles. The van der Waals surface area contributed by atoms with Crippen molar-refractivity contribution in [1.82, 2.24) is 15.1 Å². The van der Waals surface area contributed by atoms with Gasteiger partial charge in [-0.25, -0.2) is 9.07 Å². The van der Waals surface area contributed by atoms with Crippen molar-refractivity contribution in [3.63, 3.8) is 0 Å². The Kier molecular flexibility index (Phi) is 2.08. The highest BCUT2D eigenvalue weighted by Gasteiger charge is 2.37. The molecule has 1 aliphatic heterocycles. The Balaban J connectivity index is 1.84. The van der Waals surface area contributed by atoms with Crippen LogP contribution in [0, 0.1) is 5.82 Å². The monoisotopic (exact) mass is 243 g/mol. The summed E-state index contributed by atoms with van der Waals surface area (Å²) in [5.41, 5.74) is 3.64. The lowest BCUT2D eigenvalue weighted by atomic mass is 9.98. The molecule has 0 spiro atoms. The molecular weight excluding hydrogens is 229 g/mol. The van der Waals surface area contributed by atoms with Crippen LogP contribution < -0.4 is 5.32 Å². The molecule has 3 nitrogen and oxygen atoms in total. The molecule has 2 aliphatic rings. The van der Waals surface area contributed by atoms with E-state index >= 15 is 0 Å². The Labute approximate surface area is 105 Å². The third-order valence-electron chi connectivity index (χ3n) is 4.08. The number of aromatic nitrogens is 2. The number of benzene rings is 1. The van der Waals surface area contributed by atoms with Gasteiger partial charge in [0.1, 0.15) is 5.82 Å². The fraction of sp³-hybridized carbons (Fsp3) is 0.357. The maximum Gasteiger partial charge on any atom is 0.123 e. The summed E-state index contributed by atoms with van der Waals surface area (Å²) in [6.07, 6.45) is 3.21. The molecule has 1 N–H and O–H groups in total. The largest absolute Gasteiger partial charge is 0.315 e. The first kappa shape index (κ1) is 10.3. The maximum absolute atomic E-state index is 13.0. The number of hydrogen-bond donors (Lipinski definition) is 1. The SMILES string of the molecule is Fc1ccc(-n2ncc3c2C2CNCC3C2)cc1. The lowest BCUT2D eigenvalue weighted by Crippen LogP contribution is -2.29. The number of fused-ring (bicyclic) bond motifs is 5. The molecule has 0 radical (unpaired) electrons. The molecule has 2 atom stereocenters. The fourth-order valence-electron chi connectivity index (χ4n) is 3.27. The van der Waals surface area contributed by atoms with Gasteiger partial charge in [-0.3, -0.25) is 0 Å². The maximum atomic E-state index is 13.0. The Morgan fingerprint density at radius 1 is 1.17 bits per heavy atom. The lowest BCUT2D eigenvalue weighted by Gasteiger charge is -2.21. The van der Waals surface area contributed by atoms with Crippen LogP contribution in [0.5, 0.6) is 0 Å². The summed E-state index contributed by atoms with van der Waals surface area (Å²) in [4.78, 5) is 0. The summed E-state index contributed by atoms with van der Waals surface area (Å²) in [6.45, 7) is 2.08. The summed E-state index contributed by atoms with van der Waals surface area (Å²) in [7, 11) is 0. The van der Waals surface area contributed by atoms with Crippen molar-refractivity contribution < 1.29 is 4.39 Å². The topological polar surface area (TPSA) is 29.9 Å². The van der Waals surface area contributed by atoms with E-state index in [9.17, 15) is 4.39 Å². The van der Waals surface area contributed by atoms with Gasteiger partial charge in [0.05, 0.1) is 17.6 Å². The average molecular weight is 243 g/mol. The van der Waals surface area contributed by atoms with Crippen LogP contribution in [0.3, 0.4) is 0 Å². The number of halogens is 1. The molecule has 92 valence electrons. The third-order valence-corrected chi connectivity index (χ3v) is 4.08. The summed E-state index contributed by atoms with van der Waals surface area (Å²) in [5, 5.41) is 7.95. The minimum Gasteiger partial charge on any atom is -0.315 e. The van der Waals surface area contributed by atoms with E-state index < -0.39 is 0 Å². The Morgan fingerprint density at radius 3 is 2.78 bits per heavy atom. The standard InChI is InChI=1S/C14H14FN3/c15-11-1-3-12(4-2-11)18-14-10-5-9(6-16-7-10)13(14)8-17-18/h1-4,8-10,16H,5-7H2. The van der Waals surface area contributed by atoms with Crippen molar-refractivity contribution in [1.29, 1.82) is 0 Å². The molecule has 1 aromatic carbocycles. The van der Waals surface area contributed by atoms with Crippen molar-refractivity contribution in [2.24, 2.45) is 0 Å². The van der Waals surface area contributed by atoms with E-state index in [1.54, 1.807) is 12.1 Å². The number of piperidine rings is 1. The van der Waals surface area contributed by atoms with Crippen LogP contribution in [0.4, 0.5) is 4.39 Å². The first-order valence-electron chi connectivity index (χ1n) is 6.37. The van der Waals surface area contributed by atoms with Gasteiger partial charge in [0, 0.05) is 24.9 Å². The lowest BCUT2D eigenvalue weighted by molar-refractivity contribution is 0.443. The van der Waals surface area contributed by atoms with E-state index in [-0.39, 0.29) is 5.82 Å². The highest BCUT2D eigenvalue weighted by atomic mass is 19.1. The molecule has 1 saturated heterocycles. The third kappa shape index (κ3) is 1.35. The fourth-order valence-corrected chi connectivity index (χ4v) is 3.27. The molecule has 1 aromatic heterocycles. The predicted octanol–water partition coefficient (Wildman–Crippen LogP) is 2.19. The van der Waals surface area contributed by atoms with E-state index in [4.69, 9.17) is 0 Å². The summed E-state index contributed by atoms with van der Waals surface area (Å²) in [5.74, 6) is 0.946. The minimum absolute atomic E-state index is 0.206. The van der Waals surface area contributed by atoms with Gasteiger partial charge in [-0.05, 0) is 36.2 Å². The van der Waals surface area contributed by atoms with Crippen LogP contribution in [0.15, 0.2) is 30.5 Å². The zero-order chi connectivity index (χ0) is 12.1. The van der Waals surface area contributed by atoms with Crippen LogP contribution in [-0.2, 0) is 0 Å². The number of rotatable bonds is 1. The molecule has 1 aliphatic carbocycles. The molecule has 1 fully saturated rings. The first-order valence-corrected chi connectivity index (χ1v) is 6.37. The van der Waals surface area contributed by atoms with Crippen molar-refractivity contribution >= 4 is 0 Å². The summed E-state index contributed by atoms with van der Waals surface area (Å²) in [6, 6.07) is 6.56. The molecule has 2 heterocycles. The van der Waals surface area contributed by atoms with Gasteiger partial charge in [0.15, 0.2) is 0 Å². The van der Waals surface area contributed by atoms with Gasteiger partial charge in [-0.1, -0.05) is 0 Å². The van der Waals surface area contributed by atoms with Gasteiger partial charge in [0.25, 0.3) is 0 Å². The second kappa shape index (κ2) is 3.65. The molecular formula is C14H14FN3. The number of nitrogens with one attached hydrogen (secondary N) is 1. The highest BCUT2D eigenvalue weighted by molar-refractivity contribution is 5.42. The van der Waals surface area contributed by atoms with Gasteiger partial charge >= 0.3 is 0 Å². The quantitative estimate of drug-likeness (QED) is 0.832. The smallest absolute Gasteiger partial charge is 0.123 e. The highest BCUT2D eigenvalue weighted by Crippen LogP contribution is 2.44. The predicted molar refractivity (Wildman–Crippen MR) is 66.5 cm³/mol. The van der Waals surface area contributed by atoms with Crippen molar-refractivity contribution in [2.45, 2.75) is 18.3 Å². The molecule has 2 aromatic rings. The van der Waals surface area contributed by atoms with Crippen LogP contribution in [-0.4, -0.2) is 22.9 Å². The average Bonchev–Trinajstić information content (AvgIpc) is 2.93. The summed E-state index contributed by atoms with van der Waals surface area (Å²) >= 11 is 0. The van der Waals surface area contributed by atoms with Crippen molar-refractivity contribution in [2.75, 3.05) is 13.1 Å². The molecule has 18 heavy (non-hydrogen) atoms. The second-order valence-corrected chi connectivity index (χ2v) is 5.16. The normalized spacial score (nSPS) is 25.2. The zero-order valence-electron chi connectivity index (χ0n) is 9.94. The Bertz CT molecular complexity index is 588. The van der Waals surface area contributed by atoms with Crippen molar-refractivity contribution in [3.05, 3.63) is 47.5 Å². The zero-order valence-corrected chi connectivity index (χ0v) is 9.94. The van der Waals surface area contributed by atoms with Crippen LogP contribution in [0.25, 0.3) is 5.69 Å². The first-order chi connectivity index (χ1) is 8.83. The van der Waals surface area contributed by atoms with Gasteiger partial charge in [-0.15, -0.1) is 0 Å². The van der Waals surface area contributed by atoms with E-state index in [0.717, 1.165) is 18.8 Å². The molecule has 2 bridgehead atoms. The Morgan fingerprint density at radius 2 is 1.94 bits per heavy atom. The van der Waals surface area contributed by atoms with E-state index in [1.165, 1.54) is 29.8 Å². The van der Waals surface area contributed by atoms with Crippen LogP contribution in [0.1, 0.15) is 29.5 Å². The van der Waals surface area contributed by atoms with E-state index in [2.05, 4.69) is 10.4 Å². The van der Waals surface area contributed by atoms with Gasteiger partial charge in [0.2, 0.25) is 0 Å². The van der Waals surface area contributed by atoms with E-state index in [0.29, 0.717) is 11.8 Å². The van der Waals surface area contributed by atoms with Gasteiger partial charge < -0.3 is 5.32 Å².